The van der Waals surface area contributed by atoms with Crippen LogP contribution in [-0.2, 0) is 17.9 Å². The quantitative estimate of drug-likeness (QED) is 0.732. The molecule has 1 aliphatic rings. The van der Waals surface area contributed by atoms with Crippen molar-refractivity contribution in [1.82, 2.24) is 10.2 Å². The van der Waals surface area contributed by atoms with Gasteiger partial charge in [0, 0.05) is 23.6 Å². The monoisotopic (exact) mass is 398 g/mol. The van der Waals surface area contributed by atoms with Crippen LogP contribution < -0.4 is 5.32 Å². The highest BCUT2D eigenvalue weighted by Gasteiger charge is 2.13. The second-order valence-electron chi connectivity index (χ2n) is 6.35. The van der Waals surface area contributed by atoms with Crippen LogP contribution in [0.1, 0.15) is 29.5 Å². The summed E-state index contributed by atoms with van der Waals surface area (Å²) in [4.78, 5) is 14.6. The highest BCUT2D eigenvalue weighted by Crippen LogP contribution is 2.16. The molecule has 3 rings (SSSR count). The predicted molar refractivity (Wildman–Crippen MR) is 106 cm³/mol. The topological polar surface area (TPSA) is 32.3 Å². The first-order valence-electron chi connectivity index (χ1n) is 8.71. The van der Waals surface area contributed by atoms with Crippen LogP contribution in [0.15, 0.2) is 59.1 Å². The normalized spacial score (nSPS) is 14.9. The number of amides is 1. The largest absolute Gasteiger partial charge is 0.348 e. The van der Waals surface area contributed by atoms with Gasteiger partial charge in [0.25, 0.3) is 0 Å². The molecule has 2 aromatic carbocycles. The molecule has 130 valence electrons. The summed E-state index contributed by atoms with van der Waals surface area (Å²) in [5.41, 5.74) is 3.51. The molecule has 1 saturated heterocycles. The van der Waals surface area contributed by atoms with Gasteiger partial charge < -0.3 is 5.32 Å². The van der Waals surface area contributed by atoms with Crippen molar-refractivity contribution >= 4 is 27.9 Å². The van der Waals surface area contributed by atoms with Gasteiger partial charge in [-0.1, -0.05) is 52.3 Å². The highest BCUT2D eigenvalue weighted by atomic mass is 79.9. The van der Waals surface area contributed by atoms with Gasteiger partial charge >= 0.3 is 0 Å². The molecule has 0 spiro atoms. The molecule has 3 nitrogen and oxygen atoms in total. The molecule has 25 heavy (non-hydrogen) atoms. The standard InChI is InChI=1S/C21H23BrN2O/c22-20-10-7-17(8-11-20)9-12-21(25)23-15-18-5-1-2-6-19(18)16-24-13-3-4-14-24/h1-2,5-12H,3-4,13-16H2,(H,23,25)/b12-9+. The third-order valence-corrected chi connectivity index (χ3v) is 4.99. The summed E-state index contributed by atoms with van der Waals surface area (Å²) in [5.74, 6) is -0.0705. The van der Waals surface area contributed by atoms with Crippen molar-refractivity contribution in [3.8, 4) is 0 Å². The van der Waals surface area contributed by atoms with Crippen LogP contribution in [0.4, 0.5) is 0 Å². The molecule has 1 heterocycles. The number of carbonyl (C=O) groups excluding carboxylic acids is 1. The van der Waals surface area contributed by atoms with E-state index in [-0.39, 0.29) is 5.91 Å². The van der Waals surface area contributed by atoms with Crippen molar-refractivity contribution in [1.29, 1.82) is 0 Å². The molecule has 1 fully saturated rings. The third kappa shape index (κ3) is 5.55. The Kier molecular flexibility index (Phi) is 6.42. The summed E-state index contributed by atoms with van der Waals surface area (Å²) in [5, 5.41) is 2.99. The number of halogens is 1. The van der Waals surface area contributed by atoms with Gasteiger partial charge in [-0.3, -0.25) is 9.69 Å². The van der Waals surface area contributed by atoms with Crippen LogP contribution >= 0.6 is 15.9 Å². The Labute approximate surface area is 157 Å². The van der Waals surface area contributed by atoms with E-state index in [1.54, 1.807) is 6.08 Å². The molecule has 4 heteroatoms. The van der Waals surface area contributed by atoms with Crippen LogP contribution in [-0.4, -0.2) is 23.9 Å². The van der Waals surface area contributed by atoms with E-state index in [1.165, 1.54) is 37.1 Å². The number of hydrogen-bond acceptors (Lipinski definition) is 2. The van der Waals surface area contributed by atoms with Crippen molar-refractivity contribution in [2.75, 3.05) is 13.1 Å². The van der Waals surface area contributed by atoms with Gasteiger partial charge in [0.2, 0.25) is 5.91 Å². The van der Waals surface area contributed by atoms with Gasteiger partial charge in [0.05, 0.1) is 0 Å². The molecule has 1 amide bonds. The third-order valence-electron chi connectivity index (χ3n) is 4.46. The molecule has 1 N–H and O–H groups in total. The van der Waals surface area contributed by atoms with Crippen molar-refractivity contribution < 1.29 is 4.79 Å². The maximum atomic E-state index is 12.1. The number of carbonyl (C=O) groups is 1. The molecule has 0 unspecified atom stereocenters. The van der Waals surface area contributed by atoms with E-state index >= 15 is 0 Å². The molecular weight excluding hydrogens is 376 g/mol. The maximum absolute atomic E-state index is 12.1. The zero-order chi connectivity index (χ0) is 17.5. The Hall–Kier alpha value is -1.91. The van der Waals surface area contributed by atoms with E-state index in [9.17, 15) is 4.79 Å². The van der Waals surface area contributed by atoms with Gasteiger partial charge in [-0.2, -0.15) is 0 Å². The van der Waals surface area contributed by atoms with E-state index in [1.807, 2.05) is 36.4 Å². The summed E-state index contributed by atoms with van der Waals surface area (Å²) in [6, 6.07) is 16.2. The minimum absolute atomic E-state index is 0.0705. The summed E-state index contributed by atoms with van der Waals surface area (Å²) < 4.78 is 1.03. The fourth-order valence-electron chi connectivity index (χ4n) is 3.05. The lowest BCUT2D eigenvalue weighted by Gasteiger charge is -2.17. The fraction of sp³-hybridized carbons (Fsp3) is 0.286. The van der Waals surface area contributed by atoms with Crippen LogP contribution in [0.5, 0.6) is 0 Å². The Morgan fingerprint density at radius 3 is 2.44 bits per heavy atom. The van der Waals surface area contributed by atoms with Crippen molar-refractivity contribution in [2.24, 2.45) is 0 Å². The fourth-order valence-corrected chi connectivity index (χ4v) is 3.32. The molecule has 0 saturated carbocycles. The van der Waals surface area contributed by atoms with E-state index in [0.717, 1.165) is 16.6 Å². The summed E-state index contributed by atoms with van der Waals surface area (Å²) in [6.07, 6.45) is 6.00. The number of nitrogens with one attached hydrogen (secondary N) is 1. The van der Waals surface area contributed by atoms with Crippen LogP contribution in [0.2, 0.25) is 0 Å². The van der Waals surface area contributed by atoms with E-state index in [2.05, 4.69) is 44.3 Å². The zero-order valence-corrected chi connectivity index (χ0v) is 15.8. The highest BCUT2D eigenvalue weighted by molar-refractivity contribution is 9.10. The molecule has 0 aromatic heterocycles. The molecular formula is C21H23BrN2O. The Morgan fingerprint density at radius 1 is 1.04 bits per heavy atom. The molecule has 0 atom stereocenters. The van der Waals surface area contributed by atoms with Gasteiger partial charge in [0.15, 0.2) is 0 Å². The molecule has 0 bridgehead atoms. The van der Waals surface area contributed by atoms with Crippen LogP contribution in [0, 0.1) is 0 Å². The van der Waals surface area contributed by atoms with Crippen LogP contribution in [0.3, 0.4) is 0 Å². The maximum Gasteiger partial charge on any atom is 0.244 e. The Bertz CT molecular complexity index is 734. The lowest BCUT2D eigenvalue weighted by molar-refractivity contribution is -0.116. The van der Waals surface area contributed by atoms with Gasteiger partial charge in [-0.15, -0.1) is 0 Å². The smallest absolute Gasteiger partial charge is 0.244 e. The molecule has 0 radical (unpaired) electrons. The van der Waals surface area contributed by atoms with E-state index in [0.29, 0.717) is 6.54 Å². The van der Waals surface area contributed by atoms with E-state index < -0.39 is 0 Å². The predicted octanol–water partition coefficient (Wildman–Crippen LogP) is 4.37. The first kappa shape index (κ1) is 17.9. The Balaban J connectivity index is 1.55. The van der Waals surface area contributed by atoms with E-state index in [4.69, 9.17) is 0 Å². The number of likely N-dealkylation sites (tertiary alicyclic amines) is 1. The first-order chi connectivity index (χ1) is 12.2. The molecule has 2 aromatic rings. The first-order valence-corrected chi connectivity index (χ1v) is 9.50. The number of hydrogen-bond donors (Lipinski definition) is 1. The number of nitrogens with zero attached hydrogens (tertiary/aromatic N) is 1. The van der Waals surface area contributed by atoms with Crippen molar-refractivity contribution in [3.05, 3.63) is 75.8 Å². The summed E-state index contributed by atoms with van der Waals surface area (Å²) in [6.45, 7) is 3.89. The molecule has 1 aliphatic heterocycles. The van der Waals surface area contributed by atoms with Gasteiger partial charge in [-0.25, -0.2) is 0 Å². The SMILES string of the molecule is O=C(/C=C/c1ccc(Br)cc1)NCc1ccccc1CN1CCCC1. The van der Waals surface area contributed by atoms with Gasteiger partial charge in [0.1, 0.15) is 0 Å². The van der Waals surface area contributed by atoms with Crippen LogP contribution in [0.25, 0.3) is 6.08 Å². The lowest BCUT2D eigenvalue weighted by Crippen LogP contribution is -2.23. The Morgan fingerprint density at radius 2 is 1.72 bits per heavy atom. The van der Waals surface area contributed by atoms with Crippen molar-refractivity contribution in [3.63, 3.8) is 0 Å². The minimum Gasteiger partial charge on any atom is -0.348 e. The second kappa shape index (κ2) is 8.97. The summed E-state index contributed by atoms with van der Waals surface area (Å²) in [7, 11) is 0. The number of rotatable bonds is 6. The molecule has 0 aliphatic carbocycles. The lowest BCUT2D eigenvalue weighted by atomic mass is 10.1. The minimum atomic E-state index is -0.0705. The average Bonchev–Trinajstić information content (AvgIpc) is 3.13. The average molecular weight is 399 g/mol. The van der Waals surface area contributed by atoms with Gasteiger partial charge in [-0.05, 0) is 60.8 Å². The zero-order valence-electron chi connectivity index (χ0n) is 14.2. The summed E-state index contributed by atoms with van der Waals surface area (Å²) >= 11 is 3.41. The van der Waals surface area contributed by atoms with Crippen molar-refractivity contribution in [2.45, 2.75) is 25.9 Å². The number of benzene rings is 2. The second-order valence-corrected chi connectivity index (χ2v) is 7.27.